The molecule has 1 N–H and O–H groups in total. The van der Waals surface area contributed by atoms with E-state index in [1.807, 2.05) is 34.6 Å². The molecule has 0 saturated carbocycles. The SMILES string of the molecule is CC(C)(C)n1ccc(=O)[nH]1.CCOC(CC(=O)Cl)OCC. The quantitative estimate of drug-likeness (QED) is 0.645. The van der Waals surface area contributed by atoms with Crippen molar-refractivity contribution in [1.82, 2.24) is 9.78 Å². The lowest BCUT2D eigenvalue weighted by molar-refractivity contribution is -0.147. The lowest BCUT2D eigenvalue weighted by atomic mass is 10.1. The van der Waals surface area contributed by atoms with E-state index in [0.29, 0.717) is 13.2 Å². The van der Waals surface area contributed by atoms with Crippen LogP contribution < -0.4 is 5.56 Å². The molecular weight excluding hydrogens is 296 g/mol. The Morgan fingerprint density at radius 2 is 1.86 bits per heavy atom. The molecule has 1 aromatic heterocycles. The summed E-state index contributed by atoms with van der Waals surface area (Å²) >= 11 is 5.15. The third kappa shape index (κ3) is 9.44. The van der Waals surface area contributed by atoms with Gasteiger partial charge in [-0.3, -0.25) is 19.4 Å². The standard InChI is InChI=1S/C7H13ClO3.C7H12N2O/c1-3-10-7(11-4-2)5-6(8)9;1-7(2,3)9-5-4-6(10)8-9/h7H,3-5H2,1-2H3;4-5H,1-3H3,(H,8,10). The van der Waals surface area contributed by atoms with Gasteiger partial charge in [-0.1, -0.05) is 0 Å². The summed E-state index contributed by atoms with van der Waals surface area (Å²) < 4.78 is 11.9. The van der Waals surface area contributed by atoms with Gasteiger partial charge in [-0.25, -0.2) is 0 Å². The highest BCUT2D eigenvalue weighted by molar-refractivity contribution is 6.63. The Kier molecular flexibility index (Phi) is 9.24. The van der Waals surface area contributed by atoms with E-state index < -0.39 is 11.5 Å². The van der Waals surface area contributed by atoms with Crippen LogP contribution in [-0.4, -0.2) is 34.5 Å². The second-order valence-corrected chi connectivity index (χ2v) is 5.65. The van der Waals surface area contributed by atoms with E-state index >= 15 is 0 Å². The summed E-state index contributed by atoms with van der Waals surface area (Å²) in [6, 6.07) is 1.52. The number of rotatable bonds is 6. The summed E-state index contributed by atoms with van der Waals surface area (Å²) in [4.78, 5) is 21.1. The van der Waals surface area contributed by atoms with Crippen LogP contribution in [0.15, 0.2) is 17.1 Å². The van der Waals surface area contributed by atoms with Crippen LogP contribution in [0.2, 0.25) is 0 Å². The number of H-pyrrole nitrogens is 1. The van der Waals surface area contributed by atoms with Crippen molar-refractivity contribution in [1.29, 1.82) is 0 Å². The topological polar surface area (TPSA) is 73.3 Å². The van der Waals surface area contributed by atoms with Crippen molar-refractivity contribution >= 4 is 16.8 Å². The number of carbonyl (C=O) groups excluding carboxylic acids is 1. The normalized spacial score (nSPS) is 11.2. The zero-order valence-corrected chi connectivity index (χ0v) is 14.1. The summed E-state index contributed by atoms with van der Waals surface area (Å²) in [5.41, 5.74) is -0.0715. The fourth-order valence-electron chi connectivity index (χ4n) is 1.40. The molecule has 0 aliphatic rings. The minimum Gasteiger partial charge on any atom is -0.352 e. The van der Waals surface area contributed by atoms with Crippen LogP contribution in [0.1, 0.15) is 41.0 Å². The van der Waals surface area contributed by atoms with Gasteiger partial charge >= 0.3 is 0 Å². The maximum Gasteiger partial charge on any atom is 0.264 e. The number of carbonyl (C=O) groups is 1. The van der Waals surface area contributed by atoms with Crippen molar-refractivity contribution in [3.05, 3.63) is 22.6 Å². The highest BCUT2D eigenvalue weighted by atomic mass is 35.5. The Bertz CT molecular complexity index is 456. The van der Waals surface area contributed by atoms with E-state index in [0.717, 1.165) is 0 Å². The third-order valence-electron chi connectivity index (χ3n) is 2.36. The Balaban J connectivity index is 0.000000382. The molecule has 0 saturated heterocycles. The fourth-order valence-corrected chi connectivity index (χ4v) is 1.52. The second kappa shape index (κ2) is 9.76. The van der Waals surface area contributed by atoms with Crippen LogP contribution in [0.4, 0.5) is 0 Å². The van der Waals surface area contributed by atoms with Crippen LogP contribution in [0.5, 0.6) is 0 Å². The van der Waals surface area contributed by atoms with E-state index in [2.05, 4.69) is 5.10 Å². The molecule has 0 aliphatic carbocycles. The van der Waals surface area contributed by atoms with Crippen molar-refractivity contribution in [2.75, 3.05) is 13.2 Å². The van der Waals surface area contributed by atoms with Crippen LogP contribution in [-0.2, 0) is 19.8 Å². The molecule has 1 rings (SSSR count). The summed E-state index contributed by atoms with van der Waals surface area (Å²) in [6.07, 6.45) is 1.39. The first kappa shape index (κ1) is 19.9. The lowest BCUT2D eigenvalue weighted by Crippen LogP contribution is -2.23. The number of aromatic nitrogens is 2. The molecule has 0 fully saturated rings. The second-order valence-electron chi connectivity index (χ2n) is 5.23. The van der Waals surface area contributed by atoms with E-state index in [1.54, 1.807) is 10.9 Å². The lowest BCUT2D eigenvalue weighted by Gasteiger charge is -2.19. The summed E-state index contributed by atoms with van der Waals surface area (Å²) in [6.45, 7) is 10.8. The average Bonchev–Trinajstić information content (AvgIpc) is 2.76. The van der Waals surface area contributed by atoms with Gasteiger partial charge in [0.2, 0.25) is 5.24 Å². The zero-order valence-electron chi connectivity index (χ0n) is 13.3. The molecule has 0 amide bonds. The first-order valence-electron chi connectivity index (χ1n) is 6.90. The molecule has 0 unspecified atom stereocenters. The molecule has 1 aromatic rings. The highest BCUT2D eigenvalue weighted by Crippen LogP contribution is 2.09. The third-order valence-corrected chi connectivity index (χ3v) is 2.51. The Labute approximate surface area is 130 Å². The summed E-state index contributed by atoms with van der Waals surface area (Å²) in [7, 11) is 0. The van der Waals surface area contributed by atoms with Crippen molar-refractivity contribution in [3.63, 3.8) is 0 Å². The number of hydrogen-bond donors (Lipinski definition) is 1. The van der Waals surface area contributed by atoms with Gasteiger partial charge in [-0.05, 0) is 46.2 Å². The van der Waals surface area contributed by atoms with Gasteiger partial charge in [0.25, 0.3) is 5.56 Å². The van der Waals surface area contributed by atoms with Gasteiger partial charge < -0.3 is 9.47 Å². The molecule has 0 aliphatic heterocycles. The number of nitrogens with one attached hydrogen (secondary N) is 1. The van der Waals surface area contributed by atoms with Gasteiger partial charge in [0.05, 0.1) is 12.0 Å². The molecule has 7 heteroatoms. The van der Waals surface area contributed by atoms with Crippen molar-refractivity contribution in [2.45, 2.75) is 52.9 Å². The number of ether oxygens (including phenoxy) is 2. The number of nitrogens with zero attached hydrogens (tertiary/aromatic N) is 1. The zero-order chi connectivity index (χ0) is 16.5. The van der Waals surface area contributed by atoms with Crippen LogP contribution >= 0.6 is 11.6 Å². The molecule has 6 nitrogen and oxygen atoms in total. The van der Waals surface area contributed by atoms with E-state index in [9.17, 15) is 9.59 Å². The number of aromatic amines is 1. The summed E-state index contributed by atoms with van der Waals surface area (Å²) in [5, 5.41) is 2.24. The molecule has 21 heavy (non-hydrogen) atoms. The van der Waals surface area contributed by atoms with E-state index in [4.69, 9.17) is 21.1 Å². The minimum atomic E-state index is -0.477. The molecule has 122 valence electrons. The highest BCUT2D eigenvalue weighted by Gasteiger charge is 2.11. The van der Waals surface area contributed by atoms with Crippen LogP contribution in [0, 0.1) is 0 Å². The molecule has 0 bridgehead atoms. The van der Waals surface area contributed by atoms with Crippen molar-refractivity contribution in [3.8, 4) is 0 Å². The molecule has 0 spiro atoms. The molecule has 1 heterocycles. The van der Waals surface area contributed by atoms with E-state index in [1.165, 1.54) is 6.07 Å². The number of halogens is 1. The average molecular weight is 321 g/mol. The molecule has 0 radical (unpaired) electrons. The van der Waals surface area contributed by atoms with Gasteiger partial charge in [-0.2, -0.15) is 0 Å². The Morgan fingerprint density at radius 1 is 1.33 bits per heavy atom. The Morgan fingerprint density at radius 3 is 2.10 bits per heavy atom. The van der Waals surface area contributed by atoms with Crippen LogP contribution in [0.3, 0.4) is 0 Å². The monoisotopic (exact) mass is 320 g/mol. The maximum atomic E-state index is 10.7. The van der Waals surface area contributed by atoms with Crippen molar-refractivity contribution in [2.24, 2.45) is 0 Å². The van der Waals surface area contributed by atoms with Crippen molar-refractivity contribution < 1.29 is 14.3 Å². The summed E-state index contributed by atoms with van der Waals surface area (Å²) in [5.74, 6) is 0. The first-order valence-corrected chi connectivity index (χ1v) is 7.28. The Hall–Kier alpha value is -1.11. The molecular formula is C14H25ClN2O4. The fraction of sp³-hybridized carbons (Fsp3) is 0.714. The predicted molar refractivity (Wildman–Crippen MR) is 82.6 cm³/mol. The van der Waals surface area contributed by atoms with Gasteiger partial charge in [-0.15, -0.1) is 0 Å². The van der Waals surface area contributed by atoms with Crippen LogP contribution in [0.25, 0.3) is 0 Å². The first-order chi connectivity index (χ1) is 9.70. The van der Waals surface area contributed by atoms with Gasteiger partial charge in [0, 0.05) is 25.5 Å². The van der Waals surface area contributed by atoms with E-state index in [-0.39, 0.29) is 17.5 Å². The molecule has 0 atom stereocenters. The minimum absolute atomic E-state index is 0.0251. The predicted octanol–water partition coefficient (Wildman–Crippen LogP) is 2.47. The smallest absolute Gasteiger partial charge is 0.264 e. The number of hydrogen-bond acceptors (Lipinski definition) is 4. The maximum absolute atomic E-state index is 10.7. The largest absolute Gasteiger partial charge is 0.352 e. The molecule has 0 aromatic carbocycles. The van der Waals surface area contributed by atoms with Gasteiger partial charge in [0.15, 0.2) is 6.29 Å². The van der Waals surface area contributed by atoms with Gasteiger partial charge in [0.1, 0.15) is 0 Å².